The van der Waals surface area contributed by atoms with Gasteiger partial charge in [0.1, 0.15) is 24.2 Å². The maximum absolute atomic E-state index is 12.5. The number of benzene rings is 1. The third-order valence-electron chi connectivity index (χ3n) is 7.61. The molecule has 154 valence electrons. The summed E-state index contributed by atoms with van der Waals surface area (Å²) in [4.78, 5) is 12.5. The van der Waals surface area contributed by atoms with Gasteiger partial charge in [-0.1, -0.05) is 26.8 Å². The van der Waals surface area contributed by atoms with Crippen LogP contribution < -0.4 is 10.1 Å². The number of aliphatic hydroxyl groups is 1. The zero-order chi connectivity index (χ0) is 19.9. The second-order valence-corrected chi connectivity index (χ2v) is 9.72. The molecule has 0 amide bonds. The van der Waals surface area contributed by atoms with E-state index in [1.54, 1.807) is 0 Å². The van der Waals surface area contributed by atoms with Gasteiger partial charge in [-0.2, -0.15) is 0 Å². The maximum atomic E-state index is 12.5. The predicted molar refractivity (Wildman–Crippen MR) is 111 cm³/mol. The molecule has 0 saturated heterocycles. The summed E-state index contributed by atoms with van der Waals surface area (Å²) in [6.45, 7) is 7.23. The van der Waals surface area contributed by atoms with E-state index < -0.39 is 6.10 Å². The molecule has 2 N–H and O–H groups in total. The van der Waals surface area contributed by atoms with Crippen LogP contribution >= 0.6 is 0 Å². The van der Waals surface area contributed by atoms with Gasteiger partial charge in [-0.25, -0.2) is 0 Å². The van der Waals surface area contributed by atoms with Crippen molar-refractivity contribution in [3.05, 3.63) is 29.3 Å². The number of hydrogen-bond donors (Lipinski definition) is 2. The minimum Gasteiger partial charge on any atom is -0.491 e. The Morgan fingerprint density at radius 2 is 2.07 bits per heavy atom. The van der Waals surface area contributed by atoms with Crippen molar-refractivity contribution in [3.8, 4) is 5.75 Å². The fourth-order valence-electron chi connectivity index (χ4n) is 6.04. The Hall–Kier alpha value is -1.39. The lowest BCUT2D eigenvalue weighted by Gasteiger charge is -2.48. The average Bonchev–Trinajstić information content (AvgIpc) is 2.99. The zero-order valence-corrected chi connectivity index (χ0v) is 17.5. The van der Waals surface area contributed by atoms with E-state index >= 15 is 0 Å². The van der Waals surface area contributed by atoms with E-state index in [0.717, 1.165) is 37.9 Å². The topological polar surface area (TPSA) is 58.6 Å². The summed E-state index contributed by atoms with van der Waals surface area (Å²) in [6.07, 6.45) is 5.83. The van der Waals surface area contributed by atoms with Gasteiger partial charge in [-0.15, -0.1) is 0 Å². The smallest absolute Gasteiger partial charge is 0.139 e. The van der Waals surface area contributed by atoms with Crippen LogP contribution in [0.5, 0.6) is 5.75 Å². The van der Waals surface area contributed by atoms with Crippen LogP contribution in [0.25, 0.3) is 0 Å². The molecule has 0 aliphatic heterocycles. The van der Waals surface area contributed by atoms with E-state index in [1.807, 2.05) is 0 Å². The van der Waals surface area contributed by atoms with Crippen molar-refractivity contribution < 1.29 is 14.6 Å². The van der Waals surface area contributed by atoms with E-state index in [4.69, 9.17) is 4.74 Å². The molecular formula is C24H35NO3. The Labute approximate surface area is 169 Å². The zero-order valence-electron chi connectivity index (χ0n) is 17.5. The van der Waals surface area contributed by atoms with Crippen LogP contribution in [0.3, 0.4) is 0 Å². The molecule has 4 heteroatoms. The van der Waals surface area contributed by atoms with Crippen molar-refractivity contribution >= 4 is 5.78 Å². The van der Waals surface area contributed by atoms with Crippen LogP contribution in [0.1, 0.15) is 69.9 Å². The van der Waals surface area contributed by atoms with Crippen LogP contribution in [0, 0.1) is 17.3 Å². The summed E-state index contributed by atoms with van der Waals surface area (Å²) in [5, 5.41) is 13.3. The molecular weight excluding hydrogens is 350 g/mol. The third-order valence-corrected chi connectivity index (χ3v) is 7.61. The fraction of sp³-hybridized carbons (Fsp3) is 0.708. The molecule has 1 unspecified atom stereocenters. The summed E-state index contributed by atoms with van der Waals surface area (Å²) in [5.41, 5.74) is 2.83. The van der Waals surface area contributed by atoms with Gasteiger partial charge in [-0.05, 0) is 73.1 Å². The summed E-state index contributed by atoms with van der Waals surface area (Å²) in [7, 11) is 0. The van der Waals surface area contributed by atoms with Crippen molar-refractivity contribution in [2.75, 3.05) is 13.2 Å². The number of hydrogen-bond acceptors (Lipinski definition) is 4. The van der Waals surface area contributed by atoms with Gasteiger partial charge in [0.25, 0.3) is 0 Å². The molecule has 3 aliphatic carbocycles. The number of fused-ring (bicyclic) bond motifs is 5. The molecule has 4 nitrogen and oxygen atoms in total. The normalized spacial score (nSPS) is 32.6. The summed E-state index contributed by atoms with van der Waals surface area (Å²) in [5.74, 6) is 3.20. The second kappa shape index (κ2) is 7.79. The van der Waals surface area contributed by atoms with Gasteiger partial charge in [0.05, 0.1) is 0 Å². The van der Waals surface area contributed by atoms with E-state index in [1.165, 1.54) is 17.5 Å². The van der Waals surface area contributed by atoms with Gasteiger partial charge in [0.15, 0.2) is 0 Å². The van der Waals surface area contributed by atoms with Crippen molar-refractivity contribution in [3.63, 3.8) is 0 Å². The first-order valence-electron chi connectivity index (χ1n) is 11.1. The molecule has 1 aromatic carbocycles. The summed E-state index contributed by atoms with van der Waals surface area (Å²) < 4.78 is 5.87. The number of nitrogens with one attached hydrogen (secondary N) is 1. The largest absolute Gasteiger partial charge is 0.491 e. The molecule has 2 saturated carbocycles. The number of Topliss-reactive ketones (excluding diaryl/α,β-unsaturated/α-hetero) is 1. The highest BCUT2D eigenvalue weighted by Gasteiger charge is 2.54. The van der Waals surface area contributed by atoms with Gasteiger partial charge in [0.2, 0.25) is 0 Å². The van der Waals surface area contributed by atoms with Crippen molar-refractivity contribution in [2.24, 2.45) is 17.3 Å². The fourth-order valence-corrected chi connectivity index (χ4v) is 6.04. The first-order chi connectivity index (χ1) is 13.4. The summed E-state index contributed by atoms with van der Waals surface area (Å²) in [6, 6.07) is 6.86. The molecule has 0 heterocycles. The predicted octanol–water partition coefficient (Wildman–Crippen LogP) is 3.85. The molecule has 0 radical (unpaired) electrons. The van der Waals surface area contributed by atoms with E-state index in [2.05, 4.69) is 44.3 Å². The standard InChI is InChI=1S/C24H35NO3/c1-15(2)25-13-17(26)14-28-18-5-7-19-16(12-18)4-6-21-20(19)10-11-24(3)22(21)8-9-23(24)27/h5,7,12,15,17,20-22,25-26H,4,6,8-11,13-14H2,1-3H3/t17?,20-,21-,22+,24+/m1/s1. The number of carbonyl (C=O) groups excluding carboxylic acids is 1. The van der Waals surface area contributed by atoms with Crippen LogP contribution in [0.2, 0.25) is 0 Å². The second-order valence-electron chi connectivity index (χ2n) is 9.72. The van der Waals surface area contributed by atoms with Gasteiger partial charge in [0, 0.05) is 24.4 Å². The number of aliphatic hydroxyl groups excluding tert-OH is 1. The van der Waals surface area contributed by atoms with Crippen molar-refractivity contribution in [2.45, 2.75) is 77.4 Å². The Bertz CT molecular complexity index is 731. The van der Waals surface area contributed by atoms with Crippen LogP contribution in [0.15, 0.2) is 18.2 Å². The minimum absolute atomic E-state index is 0.0537. The Morgan fingerprint density at radius 1 is 1.25 bits per heavy atom. The van der Waals surface area contributed by atoms with Crippen molar-refractivity contribution in [1.82, 2.24) is 5.32 Å². The molecule has 0 bridgehead atoms. The number of ether oxygens (including phenoxy) is 1. The van der Waals surface area contributed by atoms with Crippen molar-refractivity contribution in [1.29, 1.82) is 0 Å². The molecule has 1 aromatic rings. The first kappa shape index (κ1) is 19.9. The number of rotatable bonds is 6. The highest BCUT2D eigenvalue weighted by Crippen LogP contribution is 2.59. The third kappa shape index (κ3) is 3.61. The molecule has 5 atom stereocenters. The van der Waals surface area contributed by atoms with Crippen LogP contribution in [0.4, 0.5) is 0 Å². The minimum atomic E-state index is -0.501. The molecule has 0 spiro atoms. The highest BCUT2D eigenvalue weighted by molar-refractivity contribution is 5.87. The SMILES string of the molecule is CC(C)NCC(O)COc1ccc2c(c1)CC[C@@H]1[C@@H]2CC[C@]2(C)C(=O)CC[C@@H]12. The average molecular weight is 386 g/mol. The highest BCUT2D eigenvalue weighted by atomic mass is 16.5. The maximum Gasteiger partial charge on any atom is 0.139 e. The van der Waals surface area contributed by atoms with Crippen LogP contribution in [-0.4, -0.2) is 36.2 Å². The van der Waals surface area contributed by atoms with Gasteiger partial charge in [-0.3, -0.25) is 4.79 Å². The Balaban J connectivity index is 1.42. The molecule has 2 fully saturated rings. The number of carbonyl (C=O) groups is 1. The van der Waals surface area contributed by atoms with Gasteiger partial charge < -0.3 is 15.2 Å². The molecule has 3 aliphatic rings. The Morgan fingerprint density at radius 3 is 2.86 bits per heavy atom. The monoisotopic (exact) mass is 385 g/mol. The summed E-state index contributed by atoms with van der Waals surface area (Å²) >= 11 is 0. The lowest BCUT2D eigenvalue weighted by molar-refractivity contribution is -0.129. The molecule has 0 aromatic heterocycles. The number of aryl methyl sites for hydroxylation is 1. The Kier molecular flexibility index (Phi) is 5.54. The van der Waals surface area contributed by atoms with E-state index in [9.17, 15) is 9.90 Å². The van der Waals surface area contributed by atoms with E-state index in [0.29, 0.717) is 42.7 Å². The van der Waals surface area contributed by atoms with Gasteiger partial charge >= 0.3 is 0 Å². The molecule has 4 rings (SSSR count). The number of ketones is 1. The van der Waals surface area contributed by atoms with Crippen LogP contribution in [-0.2, 0) is 11.2 Å². The quantitative estimate of drug-likeness (QED) is 0.781. The van der Waals surface area contributed by atoms with E-state index in [-0.39, 0.29) is 5.41 Å². The lowest BCUT2D eigenvalue weighted by atomic mass is 9.55. The lowest BCUT2D eigenvalue weighted by Crippen LogP contribution is -2.42. The first-order valence-corrected chi connectivity index (χ1v) is 11.1. The molecule has 28 heavy (non-hydrogen) atoms.